The van der Waals surface area contributed by atoms with Crippen LogP contribution in [0, 0.1) is 0 Å². The number of hydrogen-bond donors (Lipinski definition) is 2. The molecule has 0 unspecified atom stereocenters. The molecule has 1 heterocycles. The number of hydrogen-bond acceptors (Lipinski definition) is 3. The Bertz CT molecular complexity index is 157. The second kappa shape index (κ2) is 2.90. The summed E-state index contributed by atoms with van der Waals surface area (Å²) >= 11 is 3.05. The summed E-state index contributed by atoms with van der Waals surface area (Å²) in [6.07, 6.45) is -0.610. The van der Waals surface area contributed by atoms with Crippen LogP contribution in [0.2, 0.25) is 0 Å². The maximum Gasteiger partial charge on any atom is 0.124 e. The van der Waals surface area contributed by atoms with E-state index in [1.54, 1.807) is 6.92 Å². The van der Waals surface area contributed by atoms with E-state index in [9.17, 15) is 10.2 Å². The minimum absolute atomic E-state index is 0.337. The molecule has 0 spiro atoms. The van der Waals surface area contributed by atoms with Crippen molar-refractivity contribution in [1.29, 1.82) is 0 Å². The summed E-state index contributed by atoms with van der Waals surface area (Å²) in [6.45, 7) is 1.70. The molecule has 0 amide bonds. The second-order valence-corrected chi connectivity index (χ2v) is 3.20. The van der Waals surface area contributed by atoms with Gasteiger partial charge in [-0.25, -0.2) is 0 Å². The van der Waals surface area contributed by atoms with Gasteiger partial charge in [0.15, 0.2) is 0 Å². The average Bonchev–Trinajstić information content (AvgIpc) is 1.93. The van der Waals surface area contributed by atoms with E-state index in [0.29, 0.717) is 4.48 Å². The smallest absolute Gasteiger partial charge is 0.124 e. The molecule has 0 saturated heterocycles. The first-order valence-corrected chi connectivity index (χ1v) is 3.79. The van der Waals surface area contributed by atoms with E-state index >= 15 is 0 Å². The highest BCUT2D eigenvalue weighted by atomic mass is 79.9. The van der Waals surface area contributed by atoms with Crippen molar-refractivity contribution >= 4 is 15.9 Å². The summed E-state index contributed by atoms with van der Waals surface area (Å²) in [5, 5.41) is 18.3. The van der Waals surface area contributed by atoms with Crippen molar-refractivity contribution in [2.24, 2.45) is 0 Å². The van der Waals surface area contributed by atoms with Crippen LogP contribution in [0.5, 0.6) is 0 Å². The second-order valence-electron chi connectivity index (χ2n) is 2.28. The molecule has 0 radical (unpaired) electrons. The topological polar surface area (TPSA) is 49.7 Å². The summed E-state index contributed by atoms with van der Waals surface area (Å²) < 4.78 is 5.44. The maximum absolute atomic E-state index is 9.17. The van der Waals surface area contributed by atoms with Crippen LogP contribution in [0.3, 0.4) is 0 Å². The van der Waals surface area contributed by atoms with Crippen LogP contribution in [-0.4, -0.2) is 28.5 Å². The van der Waals surface area contributed by atoms with E-state index in [-0.39, 0.29) is 6.10 Å². The van der Waals surface area contributed by atoms with Crippen LogP contribution in [0.15, 0.2) is 10.7 Å². The number of rotatable bonds is 0. The van der Waals surface area contributed by atoms with E-state index < -0.39 is 12.2 Å². The Morgan fingerprint density at radius 2 is 2.20 bits per heavy atom. The Kier molecular flexibility index (Phi) is 2.33. The third-order valence-electron chi connectivity index (χ3n) is 1.48. The van der Waals surface area contributed by atoms with Crippen molar-refractivity contribution in [1.82, 2.24) is 0 Å². The van der Waals surface area contributed by atoms with E-state index in [4.69, 9.17) is 4.74 Å². The van der Waals surface area contributed by atoms with E-state index in [0.717, 1.165) is 0 Å². The molecule has 10 heavy (non-hydrogen) atoms. The quantitative estimate of drug-likeness (QED) is 0.605. The first kappa shape index (κ1) is 8.04. The highest BCUT2D eigenvalue weighted by Crippen LogP contribution is 2.22. The van der Waals surface area contributed by atoms with Crippen molar-refractivity contribution < 1.29 is 14.9 Å². The fourth-order valence-corrected chi connectivity index (χ4v) is 1.12. The standard InChI is InChI=1S/C6H9BrO3/c1-3-5(8)6(9)4(7)2-10-3/h2-3,5-6,8-9H,1H3/t3-,5-,6-/m0/s1. The van der Waals surface area contributed by atoms with Gasteiger partial charge in [-0.3, -0.25) is 0 Å². The normalized spacial score (nSPS) is 40.4. The molecule has 4 heteroatoms. The van der Waals surface area contributed by atoms with Gasteiger partial charge in [-0.2, -0.15) is 0 Å². The minimum atomic E-state index is -0.844. The third-order valence-corrected chi connectivity index (χ3v) is 2.14. The molecule has 1 aliphatic heterocycles. The highest BCUT2D eigenvalue weighted by Gasteiger charge is 2.29. The molecule has 58 valence electrons. The van der Waals surface area contributed by atoms with Gasteiger partial charge >= 0.3 is 0 Å². The lowest BCUT2D eigenvalue weighted by atomic mass is 10.1. The van der Waals surface area contributed by atoms with Crippen LogP contribution in [0.25, 0.3) is 0 Å². The lowest BCUT2D eigenvalue weighted by Crippen LogP contribution is -2.39. The van der Waals surface area contributed by atoms with E-state index in [1.807, 2.05) is 0 Å². The van der Waals surface area contributed by atoms with Gasteiger partial charge in [-0.15, -0.1) is 0 Å². The lowest BCUT2D eigenvalue weighted by molar-refractivity contribution is -0.0560. The molecule has 1 aliphatic rings. The molecular weight excluding hydrogens is 200 g/mol. The van der Waals surface area contributed by atoms with Crippen molar-refractivity contribution in [2.75, 3.05) is 0 Å². The zero-order valence-electron chi connectivity index (χ0n) is 5.49. The zero-order chi connectivity index (χ0) is 7.72. The Hall–Kier alpha value is -0.0600. The third kappa shape index (κ3) is 1.33. The minimum Gasteiger partial charge on any atom is -0.495 e. The van der Waals surface area contributed by atoms with Crippen molar-refractivity contribution in [3.8, 4) is 0 Å². The first-order chi connectivity index (χ1) is 4.63. The van der Waals surface area contributed by atoms with Crippen LogP contribution in [-0.2, 0) is 4.74 Å². The summed E-state index contributed by atoms with van der Waals surface area (Å²) in [5.41, 5.74) is 0. The monoisotopic (exact) mass is 208 g/mol. The van der Waals surface area contributed by atoms with Crippen molar-refractivity contribution in [3.63, 3.8) is 0 Å². The molecule has 0 bridgehead atoms. The molecule has 1 rings (SSSR count). The highest BCUT2D eigenvalue weighted by molar-refractivity contribution is 9.11. The van der Waals surface area contributed by atoms with Crippen LogP contribution in [0.1, 0.15) is 6.92 Å². The number of aliphatic hydroxyl groups is 2. The number of halogens is 1. The van der Waals surface area contributed by atoms with E-state index in [1.165, 1.54) is 6.26 Å². The number of aliphatic hydroxyl groups excluding tert-OH is 2. The van der Waals surface area contributed by atoms with Gasteiger partial charge in [-0.1, -0.05) is 0 Å². The Morgan fingerprint density at radius 3 is 2.70 bits per heavy atom. The SMILES string of the molecule is C[C@@H]1OC=C(Br)[C@H](O)[C@H]1O. The van der Waals surface area contributed by atoms with Crippen molar-refractivity contribution in [2.45, 2.75) is 25.2 Å². The predicted molar refractivity (Wildman–Crippen MR) is 39.6 cm³/mol. The van der Waals surface area contributed by atoms with Gasteiger partial charge in [0, 0.05) is 0 Å². The van der Waals surface area contributed by atoms with Crippen LogP contribution in [0.4, 0.5) is 0 Å². The molecule has 0 aromatic rings. The molecule has 3 atom stereocenters. The summed E-state index contributed by atoms with van der Waals surface area (Å²) in [6, 6.07) is 0. The summed E-state index contributed by atoms with van der Waals surface area (Å²) in [5.74, 6) is 0. The summed E-state index contributed by atoms with van der Waals surface area (Å²) in [4.78, 5) is 0. The first-order valence-electron chi connectivity index (χ1n) is 3.00. The number of ether oxygens (including phenoxy) is 1. The summed E-state index contributed by atoms with van der Waals surface area (Å²) in [7, 11) is 0. The Balaban J connectivity index is 2.71. The van der Waals surface area contributed by atoms with Crippen LogP contribution < -0.4 is 0 Å². The Labute approximate surface area is 67.4 Å². The van der Waals surface area contributed by atoms with Crippen molar-refractivity contribution in [3.05, 3.63) is 10.7 Å². The van der Waals surface area contributed by atoms with Gasteiger partial charge in [-0.05, 0) is 22.9 Å². The predicted octanol–water partition coefficient (Wildman–Crippen LogP) is 0.363. The molecule has 0 saturated carbocycles. The van der Waals surface area contributed by atoms with Gasteiger partial charge in [0.05, 0.1) is 10.7 Å². The van der Waals surface area contributed by atoms with Gasteiger partial charge < -0.3 is 14.9 Å². The molecule has 0 fully saturated rings. The fraction of sp³-hybridized carbons (Fsp3) is 0.667. The Morgan fingerprint density at radius 1 is 1.60 bits per heavy atom. The molecule has 0 aromatic heterocycles. The molecule has 2 N–H and O–H groups in total. The van der Waals surface area contributed by atoms with Gasteiger partial charge in [0.2, 0.25) is 0 Å². The molecular formula is C6H9BrO3. The zero-order valence-corrected chi connectivity index (χ0v) is 7.08. The maximum atomic E-state index is 9.17. The van der Waals surface area contributed by atoms with Gasteiger partial charge in [0.25, 0.3) is 0 Å². The molecule has 3 nitrogen and oxygen atoms in total. The average molecular weight is 209 g/mol. The molecule has 0 aromatic carbocycles. The largest absolute Gasteiger partial charge is 0.495 e. The van der Waals surface area contributed by atoms with E-state index in [2.05, 4.69) is 15.9 Å². The molecule has 0 aliphatic carbocycles. The fourth-order valence-electron chi connectivity index (χ4n) is 0.742. The van der Waals surface area contributed by atoms with Gasteiger partial charge in [0.1, 0.15) is 18.3 Å². The lowest BCUT2D eigenvalue weighted by Gasteiger charge is -2.27. The van der Waals surface area contributed by atoms with Crippen LogP contribution >= 0.6 is 15.9 Å².